The number of nitrogens with two attached hydrogens (primary N) is 1. The van der Waals surface area contributed by atoms with Crippen LogP contribution in [0.3, 0.4) is 0 Å². The van der Waals surface area contributed by atoms with Crippen LogP contribution in [0.2, 0.25) is 5.02 Å². The number of nitrogens with zero attached hydrogens (tertiary/aromatic N) is 2. The van der Waals surface area contributed by atoms with Gasteiger partial charge in [-0.15, -0.1) is 0 Å². The number of hydrogen-bond donors (Lipinski definition) is 1. The highest BCUT2D eigenvalue weighted by molar-refractivity contribution is 6.34. The van der Waals surface area contributed by atoms with Gasteiger partial charge in [0.05, 0.1) is 0 Å². The molecule has 0 atom stereocenters. The Bertz CT molecular complexity index is 528. The third-order valence-corrected chi connectivity index (χ3v) is 2.82. The van der Waals surface area contributed by atoms with E-state index < -0.39 is 0 Å². The van der Waals surface area contributed by atoms with Gasteiger partial charge in [-0.1, -0.05) is 37.1 Å². The molecule has 0 aliphatic heterocycles. The van der Waals surface area contributed by atoms with Crippen LogP contribution in [0.15, 0.2) is 30.6 Å². The summed E-state index contributed by atoms with van der Waals surface area (Å²) in [6.07, 6.45) is 3.50. The number of nitrogen functional groups attached to an aromatic ring is 1. The number of aromatic nitrogens is 2. The molecule has 0 bridgehead atoms. The molecule has 0 radical (unpaired) electrons. The Balaban J connectivity index is 2.16. The molecule has 4 nitrogen and oxygen atoms in total. The van der Waals surface area contributed by atoms with Gasteiger partial charge in [0, 0.05) is 0 Å². The fourth-order valence-corrected chi connectivity index (χ4v) is 1.70. The highest BCUT2D eigenvalue weighted by atomic mass is 35.5. The Morgan fingerprint density at radius 3 is 2.61 bits per heavy atom. The zero-order valence-electron chi connectivity index (χ0n) is 10.1. The Hall–Kier alpha value is -1.81. The lowest BCUT2D eigenvalue weighted by molar-refractivity contribution is 0.462. The molecule has 2 aromatic rings. The molecule has 1 aromatic heterocycles. The van der Waals surface area contributed by atoms with E-state index >= 15 is 0 Å². The maximum atomic E-state index is 5.95. The first kappa shape index (κ1) is 12.6. The molecular weight excluding hydrogens is 250 g/mol. The number of halogens is 1. The van der Waals surface area contributed by atoms with Crippen molar-refractivity contribution in [2.45, 2.75) is 19.8 Å². The van der Waals surface area contributed by atoms with Gasteiger partial charge in [0.25, 0.3) is 0 Å². The number of anilines is 1. The smallest absolute Gasteiger partial charge is 0.243 e. The van der Waals surface area contributed by atoms with Gasteiger partial charge in [0.15, 0.2) is 0 Å². The standard InChI is InChI=1S/C13H14ClN3O/c1-2-3-9-4-6-10(7-5-9)18-13-11(14)12(15)16-8-17-13/h4-8H,2-3H2,1H3,(H2,15,16,17). The van der Waals surface area contributed by atoms with Crippen LogP contribution in [-0.2, 0) is 6.42 Å². The van der Waals surface area contributed by atoms with E-state index in [1.54, 1.807) is 0 Å². The van der Waals surface area contributed by atoms with Crippen molar-refractivity contribution in [3.8, 4) is 11.6 Å². The molecule has 0 spiro atoms. The first-order valence-electron chi connectivity index (χ1n) is 5.73. The second kappa shape index (κ2) is 5.69. The number of rotatable bonds is 4. The molecule has 0 fully saturated rings. The fourth-order valence-electron chi connectivity index (χ4n) is 1.56. The normalized spacial score (nSPS) is 10.3. The van der Waals surface area contributed by atoms with Gasteiger partial charge in [-0.25, -0.2) is 4.98 Å². The summed E-state index contributed by atoms with van der Waals surface area (Å²) >= 11 is 5.95. The second-order valence-corrected chi connectivity index (χ2v) is 4.25. The summed E-state index contributed by atoms with van der Waals surface area (Å²) in [5.41, 5.74) is 6.85. The average molecular weight is 264 g/mol. The molecule has 2 rings (SSSR count). The fraction of sp³-hybridized carbons (Fsp3) is 0.231. The molecule has 2 N–H and O–H groups in total. The highest BCUT2D eigenvalue weighted by Gasteiger charge is 2.08. The highest BCUT2D eigenvalue weighted by Crippen LogP contribution is 2.29. The largest absolute Gasteiger partial charge is 0.437 e. The third-order valence-electron chi connectivity index (χ3n) is 2.46. The van der Waals surface area contributed by atoms with E-state index in [0.29, 0.717) is 5.75 Å². The topological polar surface area (TPSA) is 61.0 Å². The first-order valence-corrected chi connectivity index (χ1v) is 6.11. The van der Waals surface area contributed by atoms with E-state index in [-0.39, 0.29) is 16.7 Å². The van der Waals surface area contributed by atoms with Gasteiger partial charge < -0.3 is 10.5 Å². The molecule has 1 heterocycles. The lowest BCUT2D eigenvalue weighted by Crippen LogP contribution is -1.96. The van der Waals surface area contributed by atoms with Gasteiger partial charge in [-0.2, -0.15) is 4.98 Å². The molecule has 0 aliphatic rings. The second-order valence-electron chi connectivity index (χ2n) is 3.87. The van der Waals surface area contributed by atoms with Crippen LogP contribution in [0.25, 0.3) is 0 Å². The van der Waals surface area contributed by atoms with Crippen molar-refractivity contribution in [3.05, 3.63) is 41.2 Å². The third kappa shape index (κ3) is 2.90. The van der Waals surface area contributed by atoms with Gasteiger partial charge >= 0.3 is 0 Å². The number of hydrogen-bond acceptors (Lipinski definition) is 4. The number of benzene rings is 1. The Morgan fingerprint density at radius 1 is 1.22 bits per heavy atom. The molecule has 0 aliphatic carbocycles. The van der Waals surface area contributed by atoms with Crippen molar-refractivity contribution < 1.29 is 4.74 Å². The van der Waals surface area contributed by atoms with Crippen molar-refractivity contribution in [2.24, 2.45) is 0 Å². The molecule has 0 saturated carbocycles. The van der Waals surface area contributed by atoms with Crippen LogP contribution in [0.4, 0.5) is 5.82 Å². The lowest BCUT2D eigenvalue weighted by Gasteiger charge is -2.07. The summed E-state index contributed by atoms with van der Waals surface area (Å²) < 4.78 is 5.56. The average Bonchev–Trinajstić information content (AvgIpc) is 2.38. The summed E-state index contributed by atoms with van der Waals surface area (Å²) in [6.45, 7) is 2.15. The zero-order chi connectivity index (χ0) is 13.0. The summed E-state index contributed by atoms with van der Waals surface area (Å²) in [4.78, 5) is 7.72. The van der Waals surface area contributed by atoms with Crippen LogP contribution in [0, 0.1) is 0 Å². The van der Waals surface area contributed by atoms with Crippen molar-refractivity contribution in [1.82, 2.24) is 9.97 Å². The monoisotopic (exact) mass is 263 g/mol. The summed E-state index contributed by atoms with van der Waals surface area (Å²) in [6, 6.07) is 7.83. The van der Waals surface area contributed by atoms with Crippen LogP contribution >= 0.6 is 11.6 Å². The quantitative estimate of drug-likeness (QED) is 0.918. The van der Waals surface area contributed by atoms with E-state index in [2.05, 4.69) is 16.9 Å². The molecule has 18 heavy (non-hydrogen) atoms. The van der Waals surface area contributed by atoms with Crippen molar-refractivity contribution in [3.63, 3.8) is 0 Å². The Morgan fingerprint density at radius 2 is 1.94 bits per heavy atom. The minimum Gasteiger partial charge on any atom is -0.437 e. The van der Waals surface area contributed by atoms with Crippen molar-refractivity contribution in [1.29, 1.82) is 0 Å². The summed E-state index contributed by atoms with van der Waals surface area (Å²) in [5.74, 6) is 1.16. The number of ether oxygens (including phenoxy) is 1. The van der Waals surface area contributed by atoms with Crippen LogP contribution in [-0.4, -0.2) is 9.97 Å². The number of aryl methyl sites for hydroxylation is 1. The van der Waals surface area contributed by atoms with Crippen LogP contribution in [0.1, 0.15) is 18.9 Å². The van der Waals surface area contributed by atoms with E-state index in [9.17, 15) is 0 Å². The maximum Gasteiger partial charge on any atom is 0.243 e. The molecule has 0 unspecified atom stereocenters. The molecule has 0 saturated heterocycles. The minimum absolute atomic E-state index is 0.212. The molecule has 1 aromatic carbocycles. The Labute approximate surface area is 111 Å². The predicted octanol–water partition coefficient (Wildman–Crippen LogP) is 3.46. The van der Waals surface area contributed by atoms with Gasteiger partial charge in [-0.05, 0) is 24.1 Å². The van der Waals surface area contributed by atoms with E-state index in [1.807, 2.05) is 24.3 Å². The van der Waals surface area contributed by atoms with Crippen LogP contribution in [0.5, 0.6) is 11.6 Å². The van der Waals surface area contributed by atoms with Gasteiger partial charge in [0.2, 0.25) is 5.88 Å². The minimum atomic E-state index is 0.212. The van der Waals surface area contributed by atoms with Gasteiger partial charge in [0.1, 0.15) is 22.9 Å². The lowest BCUT2D eigenvalue weighted by atomic mass is 10.1. The SMILES string of the molecule is CCCc1ccc(Oc2ncnc(N)c2Cl)cc1. The molecule has 5 heteroatoms. The molecule has 94 valence electrons. The maximum absolute atomic E-state index is 5.95. The molecular formula is C13H14ClN3O. The first-order chi connectivity index (χ1) is 8.70. The van der Waals surface area contributed by atoms with E-state index in [4.69, 9.17) is 22.1 Å². The zero-order valence-corrected chi connectivity index (χ0v) is 10.8. The van der Waals surface area contributed by atoms with Gasteiger partial charge in [-0.3, -0.25) is 0 Å². The van der Waals surface area contributed by atoms with Crippen molar-refractivity contribution >= 4 is 17.4 Å². The van der Waals surface area contributed by atoms with Crippen molar-refractivity contribution in [2.75, 3.05) is 5.73 Å². The van der Waals surface area contributed by atoms with Crippen LogP contribution < -0.4 is 10.5 Å². The van der Waals surface area contributed by atoms with E-state index in [1.165, 1.54) is 11.9 Å². The van der Waals surface area contributed by atoms with E-state index in [0.717, 1.165) is 12.8 Å². The predicted molar refractivity (Wildman–Crippen MR) is 72.0 cm³/mol. The molecule has 0 amide bonds. The Kier molecular flexibility index (Phi) is 3.99. The summed E-state index contributed by atoms with van der Waals surface area (Å²) in [5, 5.41) is 0.232. The summed E-state index contributed by atoms with van der Waals surface area (Å²) in [7, 11) is 0.